The van der Waals surface area contributed by atoms with Gasteiger partial charge in [0.2, 0.25) is 0 Å². The smallest absolute Gasteiger partial charge is 0.179 e. The van der Waals surface area contributed by atoms with Gasteiger partial charge in [0.25, 0.3) is 0 Å². The maximum Gasteiger partial charge on any atom is 0.179 e. The second kappa shape index (κ2) is 41.8. The first-order valence-corrected chi connectivity index (χ1v) is 47.3. The van der Waals surface area contributed by atoms with Crippen molar-refractivity contribution in [2.75, 3.05) is 0 Å². The van der Waals surface area contributed by atoms with Gasteiger partial charge in [-0.05, 0) is 174 Å². The third-order valence-electron chi connectivity index (χ3n) is 22.8. The first-order chi connectivity index (χ1) is 59.3. The average Bonchev–Trinajstić information content (AvgIpc) is 1.47. The lowest BCUT2D eigenvalue weighted by Crippen LogP contribution is -2.74. The standard InChI is InChI=1S/C28H28Si.C22H21N.C22H24Si.C13H13N.3C11H13N/c1-28(2,3)23-14-13-21-27(22-23)29(24-15-7-4-8-16-24,25-17-9-5-10-18-25)26-19-11-6-12-20-26;1-22(2,3)16-9-8-10-17(15-16)23-20-13-6-4-11-18(20)19-12-5-7-14-21(19)23;1-22(2,3)23(19-13-7-4-8-14-19,20-15-9-5-10-16-20)21-17-11-6-12-18-21;1-5-10-7-6-8-11(9-14)12(10)13(2,3)4;1-11(2,3)10-6-4-9(8-12)5-7-10;1-11(2,3)10-6-4-5-9(7-10)8-12;1-11(2,3)10-7-5-4-6-9(10)8-12/h4-22H,1-3H3;4-15H,1-3H3;4-18H,1-3H3;1,6-8H,2-4H3;3*4-7H,1-3H3. The van der Waals surface area contributed by atoms with E-state index in [0.717, 1.165) is 33.4 Å². The van der Waals surface area contributed by atoms with Gasteiger partial charge >= 0.3 is 0 Å². The maximum absolute atomic E-state index is 8.98. The summed E-state index contributed by atoms with van der Waals surface area (Å²) >= 11 is 0. The van der Waals surface area contributed by atoms with Gasteiger partial charge in [0, 0.05) is 22.0 Å². The largest absolute Gasteiger partial charge is 0.309 e. The summed E-state index contributed by atoms with van der Waals surface area (Å²) in [7, 11) is -4.54. The summed E-state index contributed by atoms with van der Waals surface area (Å²) in [6.07, 6.45) is 5.41. The summed E-state index contributed by atoms with van der Waals surface area (Å²) in [6.45, 7) is 46.3. The highest BCUT2D eigenvalue weighted by Crippen LogP contribution is 2.38. The Balaban J connectivity index is 0.000000170. The molecule has 15 aromatic rings. The molecule has 0 saturated heterocycles. The molecule has 15 rings (SSSR count). The normalized spacial score (nSPS) is 11.5. The molecule has 0 amide bonds. The number of para-hydroxylation sites is 2. The van der Waals surface area contributed by atoms with Crippen LogP contribution in [0.3, 0.4) is 0 Å². The van der Waals surface area contributed by atoms with Gasteiger partial charge < -0.3 is 4.57 Å². The van der Waals surface area contributed by atoms with Crippen LogP contribution in [0.4, 0.5) is 0 Å². The zero-order chi connectivity index (χ0) is 91.0. The lowest BCUT2D eigenvalue weighted by molar-refractivity contribution is 0.587. The van der Waals surface area contributed by atoms with Gasteiger partial charge in [0.1, 0.15) is 0 Å². The second-order valence-corrected chi connectivity index (χ2v) is 47.5. The van der Waals surface area contributed by atoms with E-state index in [4.69, 9.17) is 27.5 Å². The van der Waals surface area contributed by atoms with E-state index in [1.54, 1.807) is 6.07 Å². The molecule has 1 heterocycles. The molecule has 7 heteroatoms. The number of fused-ring (bicyclic) bond motifs is 3. The lowest BCUT2D eigenvalue weighted by Gasteiger charge is -2.44. The number of nitriles is 4. The minimum Gasteiger partial charge on any atom is -0.309 e. The van der Waals surface area contributed by atoms with Crippen LogP contribution in [0.1, 0.15) is 207 Å². The zero-order valence-corrected chi connectivity index (χ0v) is 79.5. The third-order valence-corrected chi connectivity index (χ3v) is 33.4. The number of terminal acetylenes is 1. The molecule has 0 saturated carbocycles. The number of aromatic nitrogens is 1. The number of benzene rings is 14. The predicted octanol–water partition coefficient (Wildman–Crippen LogP) is 25.8. The first-order valence-electron chi connectivity index (χ1n) is 43.3. The zero-order valence-electron chi connectivity index (χ0n) is 77.5. The van der Waals surface area contributed by atoms with Crippen molar-refractivity contribution < 1.29 is 0 Å². The molecule has 14 aromatic carbocycles. The predicted molar refractivity (Wildman–Crippen MR) is 539 cm³/mol. The molecule has 5 nitrogen and oxygen atoms in total. The van der Waals surface area contributed by atoms with Crippen LogP contribution in [0.5, 0.6) is 0 Å². The number of rotatable bonds is 8. The Morgan fingerprint density at radius 1 is 0.248 bits per heavy atom. The molecule has 630 valence electrons. The second-order valence-electron chi connectivity index (χ2n) is 39.0. The molecule has 0 fully saturated rings. The van der Waals surface area contributed by atoms with Crippen molar-refractivity contribution >= 4 is 74.3 Å². The maximum atomic E-state index is 8.98. The summed E-state index contributed by atoms with van der Waals surface area (Å²) in [4.78, 5) is 0. The van der Waals surface area contributed by atoms with E-state index in [0.29, 0.717) is 5.56 Å². The molecular weight excluding hydrogens is 1540 g/mol. The van der Waals surface area contributed by atoms with Crippen LogP contribution in [0, 0.1) is 57.7 Å². The number of hydrogen-bond acceptors (Lipinski definition) is 4. The van der Waals surface area contributed by atoms with E-state index in [-0.39, 0.29) is 37.5 Å². The van der Waals surface area contributed by atoms with E-state index in [9.17, 15) is 0 Å². The van der Waals surface area contributed by atoms with E-state index < -0.39 is 16.1 Å². The van der Waals surface area contributed by atoms with Crippen LogP contribution in [0.2, 0.25) is 5.04 Å². The van der Waals surface area contributed by atoms with Crippen LogP contribution in [0.25, 0.3) is 27.5 Å². The Morgan fingerprint density at radius 3 is 0.944 bits per heavy atom. The van der Waals surface area contributed by atoms with E-state index >= 15 is 0 Å². The van der Waals surface area contributed by atoms with Crippen LogP contribution in [0.15, 0.2) is 370 Å². The van der Waals surface area contributed by atoms with E-state index in [2.05, 4.69) is 465 Å². The fraction of sp³-hybridized carbons (Fsp3) is 0.237. The molecule has 0 aliphatic rings. The first kappa shape index (κ1) is 95.7. The molecule has 0 bridgehead atoms. The van der Waals surface area contributed by atoms with Gasteiger partial charge in [0.05, 0.1) is 57.6 Å². The van der Waals surface area contributed by atoms with Crippen LogP contribution < -0.4 is 36.3 Å². The van der Waals surface area contributed by atoms with Crippen LogP contribution in [-0.4, -0.2) is 20.7 Å². The van der Waals surface area contributed by atoms with Crippen molar-refractivity contribution in [2.24, 2.45) is 0 Å². The van der Waals surface area contributed by atoms with Crippen molar-refractivity contribution in [2.45, 2.75) is 183 Å². The summed E-state index contributed by atoms with van der Waals surface area (Å²) in [5.41, 5.74) is 15.3. The molecule has 1 aromatic heterocycles. The Hall–Kier alpha value is -13.2. The summed E-state index contributed by atoms with van der Waals surface area (Å²) in [6, 6.07) is 139. The van der Waals surface area contributed by atoms with Crippen molar-refractivity contribution in [1.29, 1.82) is 21.0 Å². The molecule has 0 aliphatic heterocycles. The fourth-order valence-electron chi connectivity index (χ4n) is 16.4. The Morgan fingerprint density at radius 2 is 0.576 bits per heavy atom. The third kappa shape index (κ3) is 23.8. The SMILES string of the molecule is C#Cc1cccc(C#N)c1C(C)(C)C.CC(C)(C)[Si](c1ccccc1)(c1ccccc1)c1ccccc1.CC(C)(C)c1ccc(C#N)cc1.CC(C)(C)c1cccc(-n2c3ccccc3c3ccccc32)c1.CC(C)(C)c1cccc(C#N)c1.CC(C)(C)c1cccc([Si](c2ccccc2)(c2ccccc2)c2ccccc2)c1.CC(C)(C)c1ccccc1C#N. The van der Waals surface area contributed by atoms with Gasteiger partial charge in [-0.2, -0.15) is 21.0 Å². The Labute approximate surface area is 751 Å². The summed E-state index contributed by atoms with van der Waals surface area (Å²) < 4.78 is 2.37. The Bertz CT molecular complexity index is 5940. The van der Waals surface area contributed by atoms with Crippen molar-refractivity contribution in [3.63, 3.8) is 0 Å². The van der Waals surface area contributed by atoms with Crippen molar-refractivity contribution in [3.8, 4) is 42.3 Å². The fourth-order valence-corrected chi connectivity index (χ4v) is 26.8. The van der Waals surface area contributed by atoms with Gasteiger partial charge in [0.15, 0.2) is 16.1 Å². The van der Waals surface area contributed by atoms with E-state index in [1.165, 1.54) is 86.1 Å². The van der Waals surface area contributed by atoms with Crippen molar-refractivity contribution in [1.82, 2.24) is 4.57 Å². The molecule has 125 heavy (non-hydrogen) atoms. The number of nitrogens with zero attached hydrogens (tertiary/aromatic N) is 5. The molecule has 0 radical (unpaired) electrons. The highest BCUT2D eigenvalue weighted by molar-refractivity contribution is 7.20. The van der Waals surface area contributed by atoms with Crippen LogP contribution in [-0.2, 0) is 32.5 Å². The molecule has 0 aliphatic carbocycles. The molecule has 0 unspecified atom stereocenters. The van der Waals surface area contributed by atoms with Gasteiger partial charge in [-0.1, -0.05) is 455 Å². The van der Waals surface area contributed by atoms with Gasteiger partial charge in [-0.25, -0.2) is 0 Å². The average molecular weight is 1670 g/mol. The quantitative estimate of drug-likeness (QED) is 0.0859. The molecular formula is C118H125N5Si2. The number of hydrogen-bond donors (Lipinski definition) is 0. The minimum absolute atomic E-state index is 0.0618. The van der Waals surface area contributed by atoms with Gasteiger partial charge in [-0.15, -0.1) is 6.42 Å². The lowest BCUT2D eigenvalue weighted by atomic mass is 9.81. The minimum atomic E-state index is -2.41. The monoisotopic (exact) mass is 1670 g/mol. The summed E-state index contributed by atoms with van der Waals surface area (Å²) in [5, 5.41) is 48.0. The summed E-state index contributed by atoms with van der Waals surface area (Å²) in [5.74, 6) is 2.63. The molecule has 0 atom stereocenters. The van der Waals surface area contributed by atoms with Gasteiger partial charge in [-0.3, -0.25) is 0 Å². The Kier molecular flexibility index (Phi) is 32.0. The highest BCUT2D eigenvalue weighted by Gasteiger charge is 2.49. The highest BCUT2D eigenvalue weighted by atomic mass is 28.3. The topological polar surface area (TPSA) is 100 Å². The molecule has 0 N–H and O–H groups in total. The molecule has 0 spiro atoms. The van der Waals surface area contributed by atoms with Crippen molar-refractivity contribution in [3.05, 3.63) is 431 Å². The van der Waals surface area contributed by atoms with E-state index in [1.807, 2.05) is 78.9 Å². The van der Waals surface area contributed by atoms with Crippen LogP contribution >= 0.6 is 0 Å².